The van der Waals surface area contributed by atoms with Gasteiger partial charge in [-0.15, -0.1) is 0 Å². The molecule has 1 N–H and O–H groups in total. The fraction of sp³-hybridized carbons (Fsp3) is 0.391. The second-order valence-electron chi connectivity index (χ2n) is 7.61. The zero-order chi connectivity index (χ0) is 19.9. The van der Waals surface area contributed by atoms with Crippen molar-refractivity contribution >= 4 is 17.5 Å². The van der Waals surface area contributed by atoms with Crippen molar-refractivity contribution in [1.29, 1.82) is 0 Å². The Morgan fingerprint density at radius 2 is 1.86 bits per heavy atom. The predicted molar refractivity (Wildman–Crippen MR) is 112 cm³/mol. The highest BCUT2D eigenvalue weighted by Gasteiger charge is 2.34. The summed E-state index contributed by atoms with van der Waals surface area (Å²) < 4.78 is 0. The van der Waals surface area contributed by atoms with E-state index in [1.54, 1.807) is 4.90 Å². The molecule has 0 radical (unpaired) electrons. The van der Waals surface area contributed by atoms with Crippen LogP contribution in [0.3, 0.4) is 0 Å². The minimum atomic E-state index is -0.268. The summed E-state index contributed by atoms with van der Waals surface area (Å²) in [6.07, 6.45) is 1.17. The van der Waals surface area contributed by atoms with Crippen LogP contribution in [0, 0.1) is 12.8 Å². The van der Waals surface area contributed by atoms with Crippen LogP contribution in [0.25, 0.3) is 0 Å². The third-order valence-electron chi connectivity index (χ3n) is 5.15. The third kappa shape index (κ3) is 5.42. The van der Waals surface area contributed by atoms with Gasteiger partial charge in [-0.2, -0.15) is 0 Å². The van der Waals surface area contributed by atoms with E-state index in [1.807, 2.05) is 49.4 Å². The number of amides is 2. The summed E-state index contributed by atoms with van der Waals surface area (Å²) in [5.41, 5.74) is 3.31. The van der Waals surface area contributed by atoms with Crippen LogP contribution in [0.15, 0.2) is 54.6 Å². The first kappa shape index (κ1) is 20.1. The molecule has 0 aromatic heterocycles. The number of carbonyl (C=O) groups is 2. The molecule has 2 aromatic carbocycles. The number of anilines is 1. The average Bonchev–Trinajstić information content (AvgIpc) is 3.08. The molecule has 1 heterocycles. The number of aryl methyl sites for hydroxylation is 1. The van der Waals surface area contributed by atoms with Crippen molar-refractivity contribution in [3.05, 3.63) is 65.7 Å². The van der Waals surface area contributed by atoms with E-state index in [2.05, 4.69) is 29.4 Å². The Kier molecular flexibility index (Phi) is 6.82. The molecule has 0 bridgehead atoms. The third-order valence-corrected chi connectivity index (χ3v) is 5.15. The molecule has 2 aromatic rings. The number of benzene rings is 2. The molecule has 1 aliphatic rings. The Morgan fingerprint density at radius 3 is 2.57 bits per heavy atom. The summed E-state index contributed by atoms with van der Waals surface area (Å²) in [5, 5.41) is 3.00. The molecule has 2 amide bonds. The summed E-state index contributed by atoms with van der Waals surface area (Å²) in [6, 6.07) is 18.2. The number of hydrogen-bond acceptors (Lipinski definition) is 3. The maximum atomic E-state index is 12.5. The lowest BCUT2D eigenvalue weighted by Crippen LogP contribution is -2.34. The van der Waals surface area contributed by atoms with Gasteiger partial charge in [-0.25, -0.2) is 0 Å². The van der Waals surface area contributed by atoms with Gasteiger partial charge in [0.25, 0.3) is 0 Å². The topological polar surface area (TPSA) is 52.7 Å². The maximum absolute atomic E-state index is 12.5. The second-order valence-corrected chi connectivity index (χ2v) is 7.61. The molecule has 0 unspecified atom stereocenters. The predicted octanol–water partition coefficient (Wildman–Crippen LogP) is 2.99. The fourth-order valence-electron chi connectivity index (χ4n) is 3.54. The van der Waals surface area contributed by atoms with E-state index >= 15 is 0 Å². The van der Waals surface area contributed by atoms with E-state index in [-0.39, 0.29) is 24.2 Å². The van der Waals surface area contributed by atoms with Gasteiger partial charge >= 0.3 is 0 Å². The fourth-order valence-corrected chi connectivity index (χ4v) is 3.54. The van der Waals surface area contributed by atoms with Crippen molar-refractivity contribution in [3.63, 3.8) is 0 Å². The molecule has 28 heavy (non-hydrogen) atoms. The van der Waals surface area contributed by atoms with Gasteiger partial charge in [-0.1, -0.05) is 48.0 Å². The summed E-state index contributed by atoms with van der Waals surface area (Å²) in [5.74, 6) is -0.267. The molecular formula is C23H29N3O2. The molecule has 1 aliphatic heterocycles. The van der Waals surface area contributed by atoms with E-state index in [0.717, 1.165) is 30.8 Å². The number of hydrogen-bond donors (Lipinski definition) is 1. The molecule has 0 saturated carbocycles. The van der Waals surface area contributed by atoms with Crippen LogP contribution >= 0.6 is 0 Å². The Balaban J connectivity index is 1.39. The molecular weight excluding hydrogens is 350 g/mol. The lowest BCUT2D eigenvalue weighted by molar-refractivity contribution is -0.126. The van der Waals surface area contributed by atoms with Crippen LogP contribution in [0.4, 0.5) is 5.69 Å². The maximum Gasteiger partial charge on any atom is 0.227 e. The molecule has 1 atom stereocenters. The zero-order valence-corrected chi connectivity index (χ0v) is 16.7. The highest BCUT2D eigenvalue weighted by Crippen LogP contribution is 2.25. The van der Waals surface area contributed by atoms with Crippen molar-refractivity contribution in [2.45, 2.75) is 26.3 Å². The van der Waals surface area contributed by atoms with Gasteiger partial charge in [0, 0.05) is 31.7 Å². The summed E-state index contributed by atoms with van der Waals surface area (Å²) in [7, 11) is 2.09. The van der Waals surface area contributed by atoms with Crippen molar-refractivity contribution in [2.75, 3.05) is 31.6 Å². The molecule has 5 nitrogen and oxygen atoms in total. The van der Waals surface area contributed by atoms with Crippen molar-refractivity contribution in [1.82, 2.24) is 10.2 Å². The largest absolute Gasteiger partial charge is 0.356 e. The van der Waals surface area contributed by atoms with E-state index in [9.17, 15) is 9.59 Å². The Bertz CT molecular complexity index is 789. The van der Waals surface area contributed by atoms with Crippen molar-refractivity contribution in [2.24, 2.45) is 5.92 Å². The van der Waals surface area contributed by atoms with E-state index in [1.165, 1.54) is 5.56 Å². The zero-order valence-electron chi connectivity index (χ0n) is 16.7. The van der Waals surface area contributed by atoms with E-state index in [4.69, 9.17) is 0 Å². The van der Waals surface area contributed by atoms with Gasteiger partial charge in [0.05, 0.1) is 5.92 Å². The highest BCUT2D eigenvalue weighted by atomic mass is 16.2. The van der Waals surface area contributed by atoms with Crippen LogP contribution in [0.1, 0.15) is 24.0 Å². The van der Waals surface area contributed by atoms with Crippen LogP contribution < -0.4 is 10.2 Å². The van der Waals surface area contributed by atoms with Gasteiger partial charge < -0.3 is 15.1 Å². The Hall–Kier alpha value is -2.66. The van der Waals surface area contributed by atoms with Crippen molar-refractivity contribution in [3.8, 4) is 0 Å². The minimum Gasteiger partial charge on any atom is -0.356 e. The first-order valence-corrected chi connectivity index (χ1v) is 9.90. The Labute approximate surface area is 167 Å². The van der Waals surface area contributed by atoms with E-state index < -0.39 is 0 Å². The Morgan fingerprint density at radius 1 is 1.14 bits per heavy atom. The van der Waals surface area contributed by atoms with Crippen LogP contribution in [-0.2, 0) is 16.1 Å². The van der Waals surface area contributed by atoms with Crippen LogP contribution in [-0.4, -0.2) is 43.4 Å². The summed E-state index contributed by atoms with van der Waals surface area (Å²) in [4.78, 5) is 28.7. The minimum absolute atomic E-state index is 0.0197. The quantitative estimate of drug-likeness (QED) is 0.718. The molecule has 5 heteroatoms. The average molecular weight is 380 g/mol. The van der Waals surface area contributed by atoms with Gasteiger partial charge in [-0.05, 0) is 44.6 Å². The van der Waals surface area contributed by atoms with Gasteiger partial charge in [0.1, 0.15) is 0 Å². The van der Waals surface area contributed by atoms with Crippen LogP contribution in [0.2, 0.25) is 0 Å². The first-order chi connectivity index (χ1) is 13.5. The lowest BCUT2D eigenvalue weighted by atomic mass is 10.1. The normalized spacial score (nSPS) is 16.6. The van der Waals surface area contributed by atoms with Gasteiger partial charge in [0.15, 0.2) is 0 Å². The van der Waals surface area contributed by atoms with Crippen molar-refractivity contribution < 1.29 is 9.59 Å². The SMILES string of the molecule is Cc1ccc(N2C[C@H](C(=O)NCCCN(C)Cc3ccccc3)CC2=O)cc1. The first-order valence-electron chi connectivity index (χ1n) is 9.90. The number of nitrogens with one attached hydrogen (secondary N) is 1. The smallest absolute Gasteiger partial charge is 0.227 e. The van der Waals surface area contributed by atoms with Crippen LogP contribution in [0.5, 0.6) is 0 Å². The molecule has 0 spiro atoms. The molecule has 3 rings (SSSR count). The lowest BCUT2D eigenvalue weighted by Gasteiger charge is -2.18. The standard InChI is InChI=1S/C23H29N3O2/c1-18-9-11-21(12-10-18)26-17-20(15-22(26)27)23(28)24-13-6-14-25(2)16-19-7-4-3-5-8-19/h3-5,7-12,20H,6,13-17H2,1-2H3,(H,24,28)/t20-/m1/s1. The molecule has 1 fully saturated rings. The van der Waals surface area contributed by atoms with E-state index in [0.29, 0.717) is 13.1 Å². The number of rotatable bonds is 8. The highest BCUT2D eigenvalue weighted by molar-refractivity contribution is 6.00. The number of carbonyl (C=O) groups excluding carboxylic acids is 2. The monoisotopic (exact) mass is 379 g/mol. The van der Waals surface area contributed by atoms with Gasteiger partial charge in [-0.3, -0.25) is 9.59 Å². The van der Waals surface area contributed by atoms with Gasteiger partial charge in [0.2, 0.25) is 11.8 Å². The molecule has 148 valence electrons. The summed E-state index contributed by atoms with van der Waals surface area (Å²) in [6.45, 7) is 4.92. The molecule has 0 aliphatic carbocycles. The number of nitrogens with zero attached hydrogens (tertiary/aromatic N) is 2. The molecule has 1 saturated heterocycles. The summed E-state index contributed by atoms with van der Waals surface area (Å²) >= 11 is 0. The second kappa shape index (κ2) is 9.51.